The summed E-state index contributed by atoms with van der Waals surface area (Å²) < 4.78 is 4.62. The zero-order valence-electron chi connectivity index (χ0n) is 23.6. The lowest BCUT2D eigenvalue weighted by Gasteiger charge is -2.24. The first-order valence-corrected chi connectivity index (χ1v) is 15.4. The van der Waals surface area contributed by atoms with Gasteiger partial charge in [-0.3, -0.25) is 3.11 Å². The molecule has 2 nitrogen and oxygen atoms in total. The van der Waals surface area contributed by atoms with Crippen molar-refractivity contribution in [3.05, 3.63) is 151 Å². The van der Waals surface area contributed by atoms with Crippen LogP contribution >= 0.6 is 22.9 Å². The van der Waals surface area contributed by atoms with Gasteiger partial charge in [0, 0.05) is 21.9 Å². The van der Waals surface area contributed by atoms with E-state index in [4.69, 9.17) is 0 Å². The quantitative estimate of drug-likeness (QED) is 0.136. The normalized spacial score (nSPS) is 13.3. The lowest BCUT2D eigenvalue weighted by atomic mass is 9.82. The number of rotatable bonds is 4. The molecule has 1 aliphatic carbocycles. The fourth-order valence-corrected chi connectivity index (χ4v) is 7.38. The summed E-state index contributed by atoms with van der Waals surface area (Å²) in [6.45, 7) is 4.67. The Morgan fingerprint density at radius 1 is 0.524 bits per heavy atom. The van der Waals surface area contributed by atoms with E-state index < -0.39 is 0 Å². The van der Waals surface area contributed by atoms with E-state index in [9.17, 15) is 0 Å². The van der Waals surface area contributed by atoms with Crippen molar-refractivity contribution in [1.29, 1.82) is 0 Å². The van der Waals surface area contributed by atoms with Gasteiger partial charge in [0.25, 0.3) is 0 Å². The Balaban J connectivity index is 1.14. The van der Waals surface area contributed by atoms with Gasteiger partial charge in [-0.1, -0.05) is 98.8 Å². The summed E-state index contributed by atoms with van der Waals surface area (Å²) in [7, 11) is 0. The molecule has 0 aliphatic heterocycles. The van der Waals surface area contributed by atoms with Crippen molar-refractivity contribution in [2.45, 2.75) is 19.3 Å². The molecule has 0 amide bonds. The van der Waals surface area contributed by atoms with E-state index in [1.165, 1.54) is 66.6 Å². The second-order valence-corrected chi connectivity index (χ2v) is 12.6. The highest BCUT2D eigenvalue weighted by Crippen LogP contribution is 2.50. The number of para-hydroxylation sites is 2. The van der Waals surface area contributed by atoms with Crippen molar-refractivity contribution in [3.63, 3.8) is 0 Å². The van der Waals surface area contributed by atoms with E-state index >= 15 is 0 Å². The predicted octanol–water partition coefficient (Wildman–Crippen LogP) is 11.2. The highest BCUT2D eigenvalue weighted by molar-refractivity contribution is 14.1. The Morgan fingerprint density at radius 2 is 1.17 bits per heavy atom. The van der Waals surface area contributed by atoms with E-state index in [2.05, 4.69) is 184 Å². The van der Waals surface area contributed by atoms with Crippen LogP contribution in [-0.2, 0) is 5.41 Å². The average molecular weight is 653 g/mol. The van der Waals surface area contributed by atoms with E-state index in [0.717, 1.165) is 5.69 Å². The third kappa shape index (κ3) is 3.83. The molecule has 202 valence electrons. The SMILES string of the molecule is CC1(C)c2ccccc2-c2ccc(N(I)c3ccc(-c4ccc5c(c4)c4ccccc4n5-c4ccccc4)cc3)cc21. The van der Waals surface area contributed by atoms with E-state index in [-0.39, 0.29) is 5.41 Å². The van der Waals surface area contributed by atoms with Crippen molar-refractivity contribution >= 4 is 56.0 Å². The monoisotopic (exact) mass is 652 g/mol. The standard InChI is InChI=1S/C39H29IN2/c1-39(2)35-14-8-6-12-31(35)32-22-21-30(25-36(32)39)42(40)29-19-16-26(17-20-29)27-18-23-38-34(24-27)33-13-7-9-15-37(33)41(38)28-10-4-3-5-11-28/h3-25H,1-2H3. The van der Waals surface area contributed by atoms with Gasteiger partial charge >= 0.3 is 0 Å². The third-order valence-corrected chi connectivity index (χ3v) is 10.0. The Hall–Kier alpha value is -4.35. The molecule has 1 aromatic heterocycles. The molecule has 3 heteroatoms. The van der Waals surface area contributed by atoms with Gasteiger partial charge in [-0.25, -0.2) is 0 Å². The fourth-order valence-electron chi connectivity index (χ4n) is 6.76. The Kier molecular flexibility index (Phi) is 5.80. The van der Waals surface area contributed by atoms with Crippen LogP contribution in [0.25, 0.3) is 49.7 Å². The molecule has 0 N–H and O–H groups in total. The van der Waals surface area contributed by atoms with Crippen LogP contribution in [0.15, 0.2) is 140 Å². The van der Waals surface area contributed by atoms with Crippen LogP contribution < -0.4 is 3.11 Å². The van der Waals surface area contributed by atoms with Crippen molar-refractivity contribution in [2.75, 3.05) is 3.11 Å². The van der Waals surface area contributed by atoms with Gasteiger partial charge in [-0.2, -0.15) is 0 Å². The molecule has 0 bridgehead atoms. The molecule has 0 unspecified atom stereocenters. The van der Waals surface area contributed by atoms with Crippen molar-refractivity contribution in [3.8, 4) is 27.9 Å². The number of aromatic nitrogens is 1. The average Bonchev–Trinajstić information content (AvgIpc) is 3.49. The van der Waals surface area contributed by atoms with Gasteiger partial charge in [0.1, 0.15) is 0 Å². The first kappa shape index (κ1) is 25.4. The number of benzene rings is 6. The molecule has 0 radical (unpaired) electrons. The van der Waals surface area contributed by atoms with Crippen molar-refractivity contribution < 1.29 is 0 Å². The van der Waals surface area contributed by atoms with Crippen LogP contribution in [0, 0.1) is 0 Å². The van der Waals surface area contributed by atoms with Gasteiger partial charge in [-0.15, -0.1) is 0 Å². The minimum Gasteiger partial charge on any atom is -0.309 e. The predicted molar refractivity (Wildman–Crippen MR) is 186 cm³/mol. The minimum absolute atomic E-state index is 0.00838. The molecule has 1 heterocycles. The topological polar surface area (TPSA) is 8.17 Å². The highest BCUT2D eigenvalue weighted by atomic mass is 127. The van der Waals surface area contributed by atoms with Crippen LogP contribution in [0.1, 0.15) is 25.0 Å². The van der Waals surface area contributed by atoms with Crippen LogP contribution in [0.4, 0.5) is 11.4 Å². The zero-order valence-corrected chi connectivity index (χ0v) is 25.7. The van der Waals surface area contributed by atoms with Gasteiger partial charge in [0.15, 0.2) is 0 Å². The summed E-state index contributed by atoms with van der Waals surface area (Å²) >= 11 is 2.44. The lowest BCUT2D eigenvalue weighted by molar-refractivity contribution is 0.660. The van der Waals surface area contributed by atoms with Crippen LogP contribution in [0.5, 0.6) is 0 Å². The minimum atomic E-state index is -0.00838. The number of halogens is 1. The van der Waals surface area contributed by atoms with Crippen LogP contribution in [0.3, 0.4) is 0 Å². The number of hydrogen-bond donors (Lipinski definition) is 0. The first-order valence-electron chi connectivity index (χ1n) is 14.4. The number of nitrogens with zero attached hydrogens (tertiary/aromatic N) is 2. The number of fused-ring (bicyclic) bond motifs is 6. The zero-order chi connectivity index (χ0) is 28.4. The maximum atomic E-state index is 2.44. The summed E-state index contributed by atoms with van der Waals surface area (Å²) in [6.07, 6.45) is 0. The summed E-state index contributed by atoms with van der Waals surface area (Å²) in [4.78, 5) is 0. The molecule has 7 aromatic rings. The Bertz CT molecular complexity index is 2120. The maximum Gasteiger partial charge on any atom is 0.0646 e. The van der Waals surface area contributed by atoms with E-state index in [1.54, 1.807) is 0 Å². The van der Waals surface area contributed by atoms with Crippen LogP contribution in [-0.4, -0.2) is 4.57 Å². The van der Waals surface area contributed by atoms with Gasteiger partial charge in [-0.05, 0) is 88.0 Å². The summed E-state index contributed by atoms with van der Waals surface area (Å²) in [5.74, 6) is 0. The largest absolute Gasteiger partial charge is 0.309 e. The third-order valence-electron chi connectivity index (χ3n) is 8.91. The fraction of sp³-hybridized carbons (Fsp3) is 0.0769. The molecule has 1 aliphatic rings. The van der Waals surface area contributed by atoms with Gasteiger partial charge in [0.2, 0.25) is 0 Å². The molecule has 0 atom stereocenters. The molecule has 42 heavy (non-hydrogen) atoms. The Labute approximate surface area is 260 Å². The highest BCUT2D eigenvalue weighted by Gasteiger charge is 2.35. The number of hydrogen-bond acceptors (Lipinski definition) is 1. The molecular formula is C39H29IN2. The first-order chi connectivity index (χ1) is 20.5. The molecule has 6 aromatic carbocycles. The van der Waals surface area contributed by atoms with Crippen molar-refractivity contribution in [1.82, 2.24) is 4.57 Å². The van der Waals surface area contributed by atoms with Gasteiger partial charge in [0.05, 0.1) is 45.3 Å². The molecule has 0 saturated heterocycles. The Morgan fingerprint density at radius 3 is 2.00 bits per heavy atom. The summed E-state index contributed by atoms with van der Waals surface area (Å²) in [5.41, 5.74) is 13.9. The second-order valence-electron chi connectivity index (χ2n) is 11.6. The maximum absolute atomic E-state index is 2.44. The number of anilines is 2. The van der Waals surface area contributed by atoms with Crippen molar-refractivity contribution in [2.24, 2.45) is 0 Å². The second kappa shape index (κ2) is 9.60. The molecule has 0 saturated carbocycles. The lowest BCUT2D eigenvalue weighted by Crippen LogP contribution is -2.15. The summed E-state index contributed by atoms with van der Waals surface area (Å²) in [5, 5.41) is 2.54. The molecule has 8 rings (SSSR count). The molecular weight excluding hydrogens is 623 g/mol. The van der Waals surface area contributed by atoms with Crippen LogP contribution in [0.2, 0.25) is 0 Å². The molecule has 0 spiro atoms. The van der Waals surface area contributed by atoms with E-state index in [1.807, 2.05) is 0 Å². The van der Waals surface area contributed by atoms with Gasteiger partial charge < -0.3 is 4.57 Å². The van der Waals surface area contributed by atoms with E-state index in [0.29, 0.717) is 0 Å². The smallest absolute Gasteiger partial charge is 0.0646 e. The molecule has 0 fully saturated rings. The summed E-state index contributed by atoms with van der Waals surface area (Å²) in [6, 6.07) is 50.8.